The number of rotatable bonds is 0. The molecule has 3 nitrogen and oxygen atoms in total. The van der Waals surface area contributed by atoms with Crippen molar-refractivity contribution < 1.29 is 65.5 Å². The molecule has 7 heavy (non-hydrogen) atoms. The third kappa shape index (κ3) is 48.0. The van der Waals surface area contributed by atoms with Crippen molar-refractivity contribution >= 4 is 53.4 Å². The molecule has 0 amide bonds. The SMILES string of the molecule is O=P(O)(O)F.[SrH2].[Yb]. The average Bonchev–Trinajstić information content (AvgIpc) is 0.722. The van der Waals surface area contributed by atoms with Crippen molar-refractivity contribution in [3.8, 4) is 0 Å². The van der Waals surface area contributed by atoms with Gasteiger partial charge in [0.1, 0.15) is 0 Å². The second kappa shape index (κ2) is 7.19. The van der Waals surface area contributed by atoms with Crippen LogP contribution in [-0.4, -0.2) is 55.3 Å². The summed E-state index contributed by atoms with van der Waals surface area (Å²) in [5, 5.41) is 0. The minimum Gasteiger partial charge on any atom is 0 e. The quantitative estimate of drug-likeness (QED) is 0.435. The van der Waals surface area contributed by atoms with Crippen molar-refractivity contribution in [2.45, 2.75) is 0 Å². The monoisotopic (exact) mass is 364 g/mol. The van der Waals surface area contributed by atoms with Crippen molar-refractivity contribution in [2.75, 3.05) is 0 Å². The zero-order chi connectivity index (χ0) is 4.50. The summed E-state index contributed by atoms with van der Waals surface area (Å²) in [6.45, 7) is 0. The first kappa shape index (κ1) is 16.6. The van der Waals surface area contributed by atoms with Crippen LogP contribution in [0.3, 0.4) is 0 Å². The van der Waals surface area contributed by atoms with Gasteiger partial charge in [-0.25, -0.2) is 4.57 Å². The molecule has 0 saturated carbocycles. The summed E-state index contributed by atoms with van der Waals surface area (Å²) in [6, 6.07) is 0. The van der Waals surface area contributed by atoms with Gasteiger partial charge < -0.3 is 0 Å². The van der Waals surface area contributed by atoms with E-state index in [1.807, 2.05) is 0 Å². The van der Waals surface area contributed by atoms with Crippen LogP contribution in [0.5, 0.6) is 0 Å². The fourth-order valence-electron chi connectivity index (χ4n) is 0. The molecular weight excluding hydrogens is 359 g/mol. The Hall–Kier alpha value is 3.08. The first-order chi connectivity index (χ1) is 2.00. The van der Waals surface area contributed by atoms with E-state index in [-0.39, 0.29) is 92.4 Å². The van der Waals surface area contributed by atoms with Gasteiger partial charge in [0.25, 0.3) is 0 Å². The fourth-order valence-corrected chi connectivity index (χ4v) is 0. The Morgan fingerprint density at radius 3 is 1.43 bits per heavy atom. The van der Waals surface area contributed by atoms with Crippen LogP contribution in [0, 0.1) is 46.9 Å². The van der Waals surface area contributed by atoms with Gasteiger partial charge in [-0.1, -0.05) is 0 Å². The van der Waals surface area contributed by atoms with Crippen LogP contribution in [-0.2, 0) is 4.57 Å². The average molecular weight is 363 g/mol. The molecule has 0 aromatic carbocycles. The van der Waals surface area contributed by atoms with Gasteiger partial charge in [-0.2, -0.15) is 0 Å². The standard InChI is InChI=1S/FH2O3P.Sr.Yb.2H/c1-5(2,3)4;;;;/h(H2,2,3,4);;;;. The van der Waals surface area contributed by atoms with E-state index in [9.17, 15) is 4.20 Å². The Kier molecular flexibility index (Phi) is 17.0. The van der Waals surface area contributed by atoms with Gasteiger partial charge in [0.05, 0.1) is 0 Å². The summed E-state index contributed by atoms with van der Waals surface area (Å²) < 4.78 is 19.0. The van der Waals surface area contributed by atoms with E-state index in [2.05, 4.69) is 0 Å². The number of halogens is 1. The summed E-state index contributed by atoms with van der Waals surface area (Å²) in [5.41, 5.74) is 0. The van der Waals surface area contributed by atoms with E-state index in [0.717, 1.165) is 0 Å². The molecule has 0 rings (SSSR count). The maximum atomic E-state index is 10.4. The second-order valence-corrected chi connectivity index (χ2v) is 1.42. The van der Waals surface area contributed by atoms with Crippen LogP contribution in [0.4, 0.5) is 4.20 Å². The molecule has 0 aliphatic heterocycles. The maximum Gasteiger partial charge on any atom is 0 e. The topological polar surface area (TPSA) is 57.5 Å². The molecule has 0 bridgehead atoms. The van der Waals surface area contributed by atoms with Gasteiger partial charge in [0, 0.05) is 46.9 Å². The predicted octanol–water partition coefficient (Wildman–Crippen LogP) is -0.868. The van der Waals surface area contributed by atoms with Crippen molar-refractivity contribution in [3.63, 3.8) is 0 Å². The molecule has 0 atom stereocenters. The van der Waals surface area contributed by atoms with Crippen LogP contribution in [0.1, 0.15) is 0 Å². The summed E-state index contributed by atoms with van der Waals surface area (Å²) in [5.74, 6) is 0. The molecular formula is H4FO3PSrYb. The van der Waals surface area contributed by atoms with E-state index in [1.54, 1.807) is 0 Å². The van der Waals surface area contributed by atoms with Gasteiger partial charge in [0.15, 0.2) is 0 Å². The normalized spacial score (nSPS) is 8.43. The summed E-state index contributed by atoms with van der Waals surface area (Å²) in [6.07, 6.45) is 0. The molecule has 0 fully saturated rings. The van der Waals surface area contributed by atoms with Crippen molar-refractivity contribution in [1.29, 1.82) is 0 Å². The fraction of sp³-hybridized carbons (Fsp3) is 0. The molecule has 0 unspecified atom stereocenters. The van der Waals surface area contributed by atoms with Crippen molar-refractivity contribution in [2.24, 2.45) is 0 Å². The Bertz CT molecular complexity index is 61.1. The third-order valence-electron chi connectivity index (χ3n) is 0. The molecule has 0 heterocycles. The van der Waals surface area contributed by atoms with Gasteiger partial charge in [-0.15, -0.1) is 4.20 Å². The first-order valence-electron chi connectivity index (χ1n) is 0.752. The van der Waals surface area contributed by atoms with Crippen LogP contribution < -0.4 is 0 Å². The van der Waals surface area contributed by atoms with Crippen LogP contribution in [0.15, 0.2) is 0 Å². The van der Waals surface area contributed by atoms with E-state index < -0.39 is 7.91 Å². The van der Waals surface area contributed by atoms with Gasteiger partial charge in [-0.3, -0.25) is 9.79 Å². The molecule has 0 radical (unpaired) electrons. The van der Waals surface area contributed by atoms with Crippen molar-refractivity contribution in [1.82, 2.24) is 0 Å². The zero-order valence-corrected chi connectivity index (χ0v) is 5.00. The minimum atomic E-state index is -5.14. The van der Waals surface area contributed by atoms with E-state index >= 15 is 0 Å². The molecule has 0 spiro atoms. The Morgan fingerprint density at radius 2 is 1.43 bits per heavy atom. The minimum absolute atomic E-state index is 0. The number of hydrogen-bond donors (Lipinski definition) is 2. The number of hydrogen-bond acceptors (Lipinski definition) is 1. The predicted molar refractivity (Wildman–Crippen MR) is 21.7 cm³/mol. The molecule has 0 aliphatic rings. The van der Waals surface area contributed by atoms with E-state index in [4.69, 9.17) is 14.4 Å². The zero-order valence-electron chi connectivity index (χ0n) is 2.40. The Morgan fingerprint density at radius 1 is 1.43 bits per heavy atom. The molecule has 2 N–H and O–H groups in total. The molecule has 0 aromatic heterocycles. The van der Waals surface area contributed by atoms with Crippen LogP contribution >= 0.6 is 7.91 Å². The second-order valence-electron chi connectivity index (χ2n) is 0.473. The largest absolute Gasteiger partial charge is 0 e. The third-order valence-corrected chi connectivity index (χ3v) is 0. The first-order valence-corrected chi connectivity index (χ1v) is 2.25. The Labute approximate surface area is 116 Å². The van der Waals surface area contributed by atoms with E-state index in [0.29, 0.717) is 0 Å². The Balaban J connectivity index is -0.0000000800. The summed E-state index contributed by atoms with van der Waals surface area (Å²) in [7, 11) is -5.14. The molecule has 50 valence electrons. The molecule has 7 heteroatoms. The van der Waals surface area contributed by atoms with E-state index in [1.165, 1.54) is 0 Å². The molecule has 0 saturated heterocycles. The summed E-state index contributed by atoms with van der Waals surface area (Å²) >= 11 is 0. The van der Waals surface area contributed by atoms with Crippen LogP contribution in [0.2, 0.25) is 0 Å². The smallest absolute Gasteiger partial charge is 0 e. The van der Waals surface area contributed by atoms with Gasteiger partial charge >= 0.3 is 53.4 Å². The van der Waals surface area contributed by atoms with Crippen LogP contribution in [0.25, 0.3) is 0 Å². The maximum absolute atomic E-state index is 10.4. The van der Waals surface area contributed by atoms with Crippen molar-refractivity contribution in [3.05, 3.63) is 0 Å². The van der Waals surface area contributed by atoms with Gasteiger partial charge in [-0.05, 0) is 0 Å². The van der Waals surface area contributed by atoms with Gasteiger partial charge in [0.2, 0.25) is 0 Å². The molecule has 0 aliphatic carbocycles. The summed E-state index contributed by atoms with van der Waals surface area (Å²) in [4.78, 5) is 13.9. The molecule has 0 aromatic rings.